The average molecular weight is 321 g/mol. The van der Waals surface area contributed by atoms with Crippen molar-refractivity contribution in [3.63, 3.8) is 0 Å². The second-order valence-corrected chi connectivity index (χ2v) is 5.28. The van der Waals surface area contributed by atoms with Gasteiger partial charge < -0.3 is 9.32 Å². The third-order valence-electron chi connectivity index (χ3n) is 2.70. The summed E-state index contributed by atoms with van der Waals surface area (Å²) in [6.45, 7) is -0.481. The van der Waals surface area contributed by atoms with Gasteiger partial charge in [-0.2, -0.15) is 8.78 Å². The van der Waals surface area contributed by atoms with Crippen molar-refractivity contribution in [2.75, 3.05) is 0 Å². The molecule has 21 heavy (non-hydrogen) atoms. The highest BCUT2D eigenvalue weighted by Gasteiger charge is 2.51. The van der Waals surface area contributed by atoms with E-state index in [9.17, 15) is 22.4 Å². The van der Waals surface area contributed by atoms with Crippen molar-refractivity contribution in [3.8, 4) is 0 Å². The number of carbonyl (C=O) groups excluding carboxylic acids is 1. The van der Waals surface area contributed by atoms with Crippen molar-refractivity contribution in [2.24, 2.45) is 0 Å². The smallest absolute Gasteiger partial charge is 0.383 e. The van der Waals surface area contributed by atoms with Crippen molar-refractivity contribution >= 4 is 17.2 Å². The molecule has 0 unspecified atom stereocenters. The summed E-state index contributed by atoms with van der Waals surface area (Å²) in [7, 11) is 0. The summed E-state index contributed by atoms with van der Waals surface area (Å²) in [5.41, 5.74) is 0. The van der Waals surface area contributed by atoms with Crippen molar-refractivity contribution in [1.29, 1.82) is 0 Å². The van der Waals surface area contributed by atoms with Crippen LogP contribution >= 0.6 is 11.3 Å². The molecule has 0 aliphatic heterocycles. The quantitative estimate of drug-likeness (QED) is 0.759. The zero-order chi connectivity index (χ0) is 15.5. The predicted molar refractivity (Wildman–Crippen MR) is 68.2 cm³/mol. The molecule has 0 aliphatic rings. The van der Waals surface area contributed by atoms with Crippen LogP contribution in [0.3, 0.4) is 0 Å². The maximum absolute atomic E-state index is 13.3. The first kappa shape index (κ1) is 15.6. The van der Waals surface area contributed by atoms with Crippen molar-refractivity contribution in [1.82, 2.24) is 4.90 Å². The molecule has 0 spiro atoms. The van der Waals surface area contributed by atoms with Crippen LogP contribution in [0.1, 0.15) is 10.6 Å². The highest BCUT2D eigenvalue weighted by Crippen LogP contribution is 2.27. The topological polar surface area (TPSA) is 33.5 Å². The maximum Gasteiger partial charge on any atom is 0.383 e. The average Bonchev–Trinajstić information content (AvgIpc) is 3.10. The lowest BCUT2D eigenvalue weighted by Crippen LogP contribution is -2.47. The molecule has 0 N–H and O–H groups in total. The predicted octanol–water partition coefficient (Wildman–Crippen LogP) is 3.77. The molecule has 8 heteroatoms. The van der Waals surface area contributed by atoms with E-state index in [-0.39, 0.29) is 18.8 Å². The lowest BCUT2D eigenvalue weighted by Gasteiger charge is -2.25. The summed E-state index contributed by atoms with van der Waals surface area (Å²) in [6, 6.07) is 6.32. The highest BCUT2D eigenvalue weighted by molar-refractivity contribution is 7.09. The van der Waals surface area contributed by atoms with E-state index in [0.29, 0.717) is 9.78 Å². The second-order valence-electron chi connectivity index (χ2n) is 4.24. The Morgan fingerprint density at radius 2 is 2.05 bits per heavy atom. The Bertz CT molecular complexity index is 533. The SMILES string of the molecule is O=C(N(Cc1ccco1)Cc1cccs1)C(F)(F)C(F)F. The molecule has 0 saturated heterocycles. The van der Waals surface area contributed by atoms with Crippen LogP contribution in [0.15, 0.2) is 40.3 Å². The van der Waals surface area contributed by atoms with Gasteiger partial charge in [0.2, 0.25) is 0 Å². The van der Waals surface area contributed by atoms with E-state index in [2.05, 4.69) is 0 Å². The Labute approximate surface area is 121 Å². The van der Waals surface area contributed by atoms with Gasteiger partial charge in [-0.1, -0.05) is 6.07 Å². The van der Waals surface area contributed by atoms with E-state index in [1.807, 2.05) is 0 Å². The molecule has 2 heterocycles. The van der Waals surface area contributed by atoms with Crippen LogP contribution in [-0.2, 0) is 17.9 Å². The Hall–Kier alpha value is -1.83. The van der Waals surface area contributed by atoms with Gasteiger partial charge in [0.15, 0.2) is 0 Å². The Kier molecular flexibility index (Phi) is 4.66. The monoisotopic (exact) mass is 321 g/mol. The molecule has 0 radical (unpaired) electrons. The number of hydrogen-bond acceptors (Lipinski definition) is 3. The second kappa shape index (κ2) is 6.30. The number of thiophene rings is 1. The Balaban J connectivity index is 2.20. The van der Waals surface area contributed by atoms with Gasteiger partial charge in [0, 0.05) is 4.88 Å². The first-order valence-corrected chi connectivity index (χ1v) is 6.79. The molecule has 0 bridgehead atoms. The maximum atomic E-state index is 13.3. The molecule has 1 amide bonds. The fourth-order valence-electron chi connectivity index (χ4n) is 1.68. The minimum atomic E-state index is -4.72. The van der Waals surface area contributed by atoms with Crippen LogP contribution in [0.4, 0.5) is 17.6 Å². The zero-order valence-electron chi connectivity index (χ0n) is 10.6. The summed E-state index contributed by atoms with van der Waals surface area (Å²) in [5.74, 6) is -6.39. The minimum absolute atomic E-state index is 0.181. The largest absolute Gasteiger partial charge is 0.467 e. The Morgan fingerprint density at radius 1 is 1.29 bits per heavy atom. The van der Waals surface area contributed by atoms with E-state index >= 15 is 0 Å². The van der Waals surface area contributed by atoms with E-state index in [0.717, 1.165) is 0 Å². The lowest BCUT2D eigenvalue weighted by atomic mass is 10.2. The van der Waals surface area contributed by atoms with Gasteiger partial charge in [-0.05, 0) is 23.6 Å². The molecule has 0 saturated carbocycles. The molecule has 0 fully saturated rings. The summed E-state index contributed by atoms with van der Waals surface area (Å²) in [5, 5.41) is 1.70. The number of alkyl halides is 4. The first-order valence-electron chi connectivity index (χ1n) is 5.91. The molecule has 0 aliphatic carbocycles. The van der Waals surface area contributed by atoms with Gasteiger partial charge in [-0.3, -0.25) is 4.79 Å². The fourth-order valence-corrected chi connectivity index (χ4v) is 2.40. The normalized spacial score (nSPS) is 11.9. The standard InChI is InChI=1S/C13H11F4NO2S/c14-11(15)13(16,17)12(19)18(7-9-3-1-5-20-9)8-10-4-2-6-21-10/h1-6,11H,7-8H2. The molecular formula is C13H11F4NO2S. The molecule has 114 valence electrons. The van der Waals surface area contributed by atoms with Crippen LogP contribution in [0.5, 0.6) is 0 Å². The van der Waals surface area contributed by atoms with Gasteiger partial charge in [-0.15, -0.1) is 11.3 Å². The lowest BCUT2D eigenvalue weighted by molar-refractivity contribution is -0.182. The number of halogens is 4. The Morgan fingerprint density at radius 3 is 2.57 bits per heavy atom. The van der Waals surface area contributed by atoms with E-state index in [4.69, 9.17) is 4.42 Å². The number of furan rings is 1. The first-order chi connectivity index (χ1) is 9.91. The van der Waals surface area contributed by atoms with Crippen molar-refractivity contribution < 1.29 is 26.8 Å². The van der Waals surface area contributed by atoms with Crippen molar-refractivity contribution in [3.05, 3.63) is 46.5 Å². The van der Waals surface area contributed by atoms with Gasteiger partial charge in [0.1, 0.15) is 5.76 Å². The molecular weight excluding hydrogens is 310 g/mol. The molecule has 2 rings (SSSR count). The van der Waals surface area contributed by atoms with E-state index < -0.39 is 18.3 Å². The van der Waals surface area contributed by atoms with Gasteiger partial charge in [-0.25, -0.2) is 8.78 Å². The third kappa shape index (κ3) is 3.63. The molecule has 2 aromatic rings. The van der Waals surface area contributed by atoms with E-state index in [1.54, 1.807) is 17.5 Å². The fraction of sp³-hybridized carbons (Fsp3) is 0.308. The number of amides is 1. The number of hydrogen-bond donors (Lipinski definition) is 0. The third-order valence-corrected chi connectivity index (χ3v) is 3.56. The van der Waals surface area contributed by atoms with Gasteiger partial charge >= 0.3 is 12.3 Å². The van der Waals surface area contributed by atoms with Gasteiger partial charge in [0.05, 0.1) is 19.4 Å². The summed E-state index contributed by atoms with van der Waals surface area (Å²) in [4.78, 5) is 13.0. The van der Waals surface area contributed by atoms with Crippen LogP contribution in [0.25, 0.3) is 0 Å². The zero-order valence-corrected chi connectivity index (χ0v) is 11.5. The van der Waals surface area contributed by atoms with Crippen molar-refractivity contribution in [2.45, 2.75) is 25.4 Å². The number of rotatable bonds is 6. The molecule has 0 aromatic carbocycles. The summed E-state index contributed by atoms with van der Waals surface area (Å²) < 4.78 is 56.3. The van der Waals surface area contributed by atoms with Crippen LogP contribution < -0.4 is 0 Å². The highest BCUT2D eigenvalue weighted by atomic mass is 32.1. The molecule has 2 aromatic heterocycles. The van der Waals surface area contributed by atoms with Crippen LogP contribution in [0.2, 0.25) is 0 Å². The minimum Gasteiger partial charge on any atom is -0.467 e. The molecule has 0 atom stereocenters. The number of nitrogens with zero attached hydrogens (tertiary/aromatic N) is 1. The number of carbonyl (C=O) groups is 1. The van der Waals surface area contributed by atoms with Crippen LogP contribution in [0, 0.1) is 0 Å². The summed E-state index contributed by atoms with van der Waals surface area (Å²) >= 11 is 1.24. The van der Waals surface area contributed by atoms with Gasteiger partial charge in [0.25, 0.3) is 5.91 Å². The van der Waals surface area contributed by atoms with Crippen LogP contribution in [-0.4, -0.2) is 23.2 Å². The molecule has 3 nitrogen and oxygen atoms in total. The summed E-state index contributed by atoms with van der Waals surface area (Å²) in [6.07, 6.45) is -2.73. The van der Waals surface area contributed by atoms with E-state index in [1.165, 1.54) is 29.7 Å².